The van der Waals surface area contributed by atoms with Gasteiger partial charge >= 0.3 is 6.08 Å². The third-order valence-corrected chi connectivity index (χ3v) is 2.48. The van der Waals surface area contributed by atoms with E-state index in [1.165, 1.54) is 18.4 Å². The number of halogens is 2. The first-order valence-corrected chi connectivity index (χ1v) is 5.25. The highest BCUT2D eigenvalue weighted by atomic mass is 79.9. The molecule has 0 fully saturated rings. The number of hydrogen-bond acceptors (Lipinski definition) is 4. The summed E-state index contributed by atoms with van der Waals surface area (Å²) < 4.78 is 23.7. The lowest BCUT2D eigenvalue weighted by molar-refractivity contribution is 0.329. The molecule has 6 heteroatoms. The fourth-order valence-corrected chi connectivity index (χ4v) is 1.32. The molecule has 2 N–H and O–H groups in total. The Morgan fingerprint density at radius 2 is 2.31 bits per heavy atom. The highest BCUT2D eigenvalue weighted by Crippen LogP contribution is 2.25. The Morgan fingerprint density at radius 1 is 1.50 bits per heavy atom. The second kappa shape index (κ2) is 4.63. The molecule has 2 aromatic rings. The van der Waals surface area contributed by atoms with Gasteiger partial charge in [0.25, 0.3) is 0 Å². The number of aromatic nitrogens is 1. The van der Waals surface area contributed by atoms with Crippen LogP contribution < -0.4 is 10.5 Å². The standard InChI is InChI=1S/C10H8BrFN2O2/c11-8-2-1-7(3-9(8)12)16-10-14-6(4-13)5-15-10/h1-3,5H,4,13H2. The van der Waals surface area contributed by atoms with Crippen molar-refractivity contribution in [2.75, 3.05) is 0 Å². The number of oxazole rings is 1. The van der Waals surface area contributed by atoms with Gasteiger partial charge in [-0.25, -0.2) is 4.39 Å². The van der Waals surface area contributed by atoms with Crippen LogP contribution in [0.15, 0.2) is 33.4 Å². The van der Waals surface area contributed by atoms with Crippen LogP contribution in [0.4, 0.5) is 4.39 Å². The molecular weight excluding hydrogens is 279 g/mol. The third-order valence-electron chi connectivity index (χ3n) is 1.84. The van der Waals surface area contributed by atoms with Crippen molar-refractivity contribution in [1.29, 1.82) is 0 Å². The minimum Gasteiger partial charge on any atom is -0.417 e. The summed E-state index contributed by atoms with van der Waals surface area (Å²) in [6.45, 7) is 0.265. The number of nitrogens with two attached hydrogens (primary N) is 1. The average Bonchev–Trinajstić information content (AvgIpc) is 2.71. The van der Waals surface area contributed by atoms with Gasteiger partial charge in [-0.1, -0.05) is 0 Å². The van der Waals surface area contributed by atoms with Gasteiger partial charge in [0.2, 0.25) is 0 Å². The molecule has 1 aromatic heterocycles. The summed E-state index contributed by atoms with van der Waals surface area (Å²) in [6, 6.07) is 4.37. The maximum Gasteiger partial charge on any atom is 0.399 e. The van der Waals surface area contributed by atoms with E-state index < -0.39 is 5.82 Å². The van der Waals surface area contributed by atoms with E-state index >= 15 is 0 Å². The third kappa shape index (κ3) is 2.40. The summed E-state index contributed by atoms with van der Waals surface area (Å²) in [7, 11) is 0. The van der Waals surface area contributed by atoms with Gasteiger partial charge in [0.15, 0.2) is 0 Å². The van der Waals surface area contributed by atoms with Gasteiger partial charge in [-0.3, -0.25) is 0 Å². The Balaban J connectivity index is 2.17. The molecule has 1 heterocycles. The number of rotatable bonds is 3. The smallest absolute Gasteiger partial charge is 0.399 e. The Morgan fingerprint density at radius 3 is 2.94 bits per heavy atom. The Hall–Kier alpha value is -1.40. The normalized spacial score (nSPS) is 10.4. The number of benzene rings is 1. The molecule has 0 saturated heterocycles. The molecule has 0 radical (unpaired) electrons. The average molecular weight is 287 g/mol. The van der Waals surface area contributed by atoms with E-state index in [1.807, 2.05) is 0 Å². The van der Waals surface area contributed by atoms with Crippen LogP contribution in [0.1, 0.15) is 5.69 Å². The summed E-state index contributed by atoms with van der Waals surface area (Å²) in [5.41, 5.74) is 5.93. The van der Waals surface area contributed by atoms with E-state index in [1.54, 1.807) is 6.07 Å². The topological polar surface area (TPSA) is 61.3 Å². The molecule has 4 nitrogen and oxygen atoms in total. The van der Waals surface area contributed by atoms with Gasteiger partial charge in [0.05, 0.1) is 10.2 Å². The van der Waals surface area contributed by atoms with Crippen molar-refractivity contribution < 1.29 is 13.5 Å². The first-order valence-electron chi connectivity index (χ1n) is 4.46. The van der Waals surface area contributed by atoms with Gasteiger partial charge < -0.3 is 14.9 Å². The zero-order valence-electron chi connectivity index (χ0n) is 8.11. The van der Waals surface area contributed by atoms with E-state index in [4.69, 9.17) is 14.9 Å². The molecule has 0 aliphatic heterocycles. The van der Waals surface area contributed by atoms with Crippen molar-refractivity contribution >= 4 is 15.9 Å². The first-order chi connectivity index (χ1) is 7.69. The summed E-state index contributed by atoms with van der Waals surface area (Å²) >= 11 is 3.04. The fraction of sp³-hybridized carbons (Fsp3) is 0.100. The lowest BCUT2D eigenvalue weighted by Gasteiger charge is -2.01. The predicted molar refractivity (Wildman–Crippen MR) is 58.6 cm³/mol. The minimum absolute atomic E-state index is 0.0437. The number of ether oxygens (including phenoxy) is 1. The SMILES string of the molecule is NCc1coc(Oc2ccc(Br)c(F)c2)n1. The van der Waals surface area contributed by atoms with Crippen LogP contribution >= 0.6 is 15.9 Å². The van der Waals surface area contributed by atoms with Crippen molar-refractivity contribution in [2.24, 2.45) is 5.73 Å². The fourth-order valence-electron chi connectivity index (χ4n) is 1.07. The molecule has 2 rings (SSSR count). The Labute approximate surface area is 99.4 Å². The van der Waals surface area contributed by atoms with Crippen molar-refractivity contribution in [3.8, 4) is 11.8 Å². The van der Waals surface area contributed by atoms with Crippen LogP contribution in [-0.4, -0.2) is 4.98 Å². The molecule has 16 heavy (non-hydrogen) atoms. The lowest BCUT2D eigenvalue weighted by Crippen LogP contribution is -1.95. The van der Waals surface area contributed by atoms with Crippen LogP contribution in [0.2, 0.25) is 0 Å². The molecule has 0 saturated carbocycles. The summed E-state index contributed by atoms with van der Waals surface area (Å²) in [5, 5.41) is 0. The highest BCUT2D eigenvalue weighted by Gasteiger charge is 2.07. The number of nitrogens with zero attached hydrogens (tertiary/aromatic N) is 1. The van der Waals surface area contributed by atoms with Crippen molar-refractivity contribution in [3.05, 3.63) is 40.4 Å². The Bertz CT molecular complexity index is 501. The molecule has 0 bridgehead atoms. The van der Waals surface area contributed by atoms with Gasteiger partial charge in [-0.05, 0) is 28.1 Å². The van der Waals surface area contributed by atoms with E-state index in [0.29, 0.717) is 15.9 Å². The number of hydrogen-bond donors (Lipinski definition) is 1. The molecule has 0 atom stereocenters. The molecule has 0 aliphatic rings. The Kier molecular flexibility index (Phi) is 3.21. The van der Waals surface area contributed by atoms with Gasteiger partial charge in [-0.15, -0.1) is 0 Å². The van der Waals surface area contributed by atoms with Gasteiger partial charge in [-0.2, -0.15) is 4.98 Å². The maximum absolute atomic E-state index is 13.2. The summed E-state index contributed by atoms with van der Waals surface area (Å²) in [6.07, 6.45) is 1.44. The molecule has 0 amide bonds. The molecular formula is C10H8BrFN2O2. The first kappa shape index (κ1) is 11.1. The maximum atomic E-state index is 13.2. The molecule has 0 unspecified atom stereocenters. The lowest BCUT2D eigenvalue weighted by atomic mass is 10.3. The molecule has 84 valence electrons. The molecule has 0 aliphatic carbocycles. The zero-order valence-corrected chi connectivity index (χ0v) is 9.70. The van der Waals surface area contributed by atoms with E-state index in [-0.39, 0.29) is 12.6 Å². The second-order valence-corrected chi connectivity index (χ2v) is 3.84. The second-order valence-electron chi connectivity index (χ2n) is 2.99. The van der Waals surface area contributed by atoms with Crippen LogP contribution in [-0.2, 0) is 6.54 Å². The monoisotopic (exact) mass is 286 g/mol. The van der Waals surface area contributed by atoms with E-state index in [2.05, 4.69) is 20.9 Å². The quantitative estimate of drug-likeness (QED) is 0.943. The van der Waals surface area contributed by atoms with Crippen molar-refractivity contribution in [1.82, 2.24) is 4.98 Å². The summed E-state index contributed by atoms with van der Waals surface area (Å²) in [5.74, 6) is -0.103. The largest absolute Gasteiger partial charge is 0.417 e. The van der Waals surface area contributed by atoms with E-state index in [9.17, 15) is 4.39 Å². The van der Waals surface area contributed by atoms with E-state index in [0.717, 1.165) is 0 Å². The zero-order chi connectivity index (χ0) is 11.5. The predicted octanol–water partition coefficient (Wildman–Crippen LogP) is 2.83. The van der Waals surface area contributed by atoms with Crippen molar-refractivity contribution in [2.45, 2.75) is 6.54 Å². The van der Waals surface area contributed by atoms with Crippen LogP contribution in [0, 0.1) is 5.82 Å². The van der Waals surface area contributed by atoms with Crippen LogP contribution in [0.3, 0.4) is 0 Å². The van der Waals surface area contributed by atoms with Crippen LogP contribution in [0.25, 0.3) is 0 Å². The highest BCUT2D eigenvalue weighted by molar-refractivity contribution is 9.10. The molecule has 1 aromatic carbocycles. The van der Waals surface area contributed by atoms with Crippen molar-refractivity contribution in [3.63, 3.8) is 0 Å². The minimum atomic E-state index is -0.414. The molecule has 0 spiro atoms. The van der Waals surface area contributed by atoms with Gasteiger partial charge in [0, 0.05) is 12.6 Å². The van der Waals surface area contributed by atoms with Gasteiger partial charge in [0.1, 0.15) is 17.8 Å². The van der Waals surface area contributed by atoms with Crippen LogP contribution in [0.5, 0.6) is 11.8 Å². The summed E-state index contributed by atoms with van der Waals surface area (Å²) in [4.78, 5) is 3.93.